The molecule has 5 heteroatoms. The number of nitrogens with one attached hydrogen (secondary N) is 2. The van der Waals surface area contributed by atoms with Crippen LogP contribution in [0.5, 0.6) is 0 Å². The Hall–Kier alpha value is -1.72. The van der Waals surface area contributed by atoms with Crippen molar-refractivity contribution < 1.29 is 4.79 Å². The summed E-state index contributed by atoms with van der Waals surface area (Å²) >= 11 is 1.65. The second-order valence-electron chi connectivity index (χ2n) is 5.93. The fourth-order valence-electron chi connectivity index (χ4n) is 2.73. The highest BCUT2D eigenvalue weighted by Gasteiger charge is 2.16. The van der Waals surface area contributed by atoms with E-state index in [1.807, 2.05) is 12.1 Å². The van der Waals surface area contributed by atoms with Gasteiger partial charge in [0.1, 0.15) is 5.01 Å². The van der Waals surface area contributed by atoms with Crippen LogP contribution in [-0.4, -0.2) is 17.4 Å². The average Bonchev–Trinajstić information content (AvgIpc) is 2.96. The first-order chi connectivity index (χ1) is 11.2. The summed E-state index contributed by atoms with van der Waals surface area (Å²) in [6, 6.07) is 8.16. The molecule has 23 heavy (non-hydrogen) atoms. The molecule has 1 amide bonds. The Morgan fingerprint density at radius 3 is 2.91 bits per heavy atom. The highest BCUT2D eigenvalue weighted by atomic mass is 32.1. The van der Waals surface area contributed by atoms with Crippen LogP contribution in [0.2, 0.25) is 0 Å². The second-order valence-corrected chi connectivity index (χ2v) is 7.10. The number of hydrogen-bond donors (Lipinski definition) is 2. The van der Waals surface area contributed by atoms with Gasteiger partial charge in [-0.2, -0.15) is 0 Å². The highest BCUT2D eigenvalue weighted by molar-refractivity contribution is 7.11. The molecule has 0 aliphatic carbocycles. The Morgan fingerprint density at radius 2 is 2.17 bits per heavy atom. The molecule has 1 aliphatic heterocycles. The zero-order chi connectivity index (χ0) is 16.1. The number of carbonyl (C=O) groups is 1. The Balaban J connectivity index is 1.55. The monoisotopic (exact) mass is 329 g/mol. The maximum Gasteiger partial charge on any atom is 0.231 e. The molecule has 1 aliphatic rings. The Morgan fingerprint density at radius 1 is 1.35 bits per heavy atom. The van der Waals surface area contributed by atoms with Crippen molar-refractivity contribution >= 4 is 22.9 Å². The predicted molar refractivity (Wildman–Crippen MR) is 94.9 cm³/mol. The lowest BCUT2D eigenvalue weighted by atomic mass is 10.1. The third kappa shape index (κ3) is 4.39. The van der Waals surface area contributed by atoms with Gasteiger partial charge in [0.25, 0.3) is 0 Å². The van der Waals surface area contributed by atoms with Gasteiger partial charge in [-0.25, -0.2) is 4.98 Å². The molecule has 0 spiro atoms. The van der Waals surface area contributed by atoms with Crippen LogP contribution in [0.25, 0.3) is 0 Å². The quantitative estimate of drug-likeness (QED) is 0.855. The number of aryl methyl sites for hydroxylation is 1. The molecular weight excluding hydrogens is 306 g/mol. The van der Waals surface area contributed by atoms with Crippen molar-refractivity contribution in [2.75, 3.05) is 11.9 Å². The molecule has 2 aromatic rings. The molecule has 122 valence electrons. The number of benzene rings is 1. The summed E-state index contributed by atoms with van der Waals surface area (Å²) in [7, 11) is 0. The van der Waals surface area contributed by atoms with Gasteiger partial charge in [0.2, 0.25) is 5.91 Å². The minimum Gasteiger partial charge on any atom is -0.326 e. The summed E-state index contributed by atoms with van der Waals surface area (Å²) in [4.78, 5) is 18.1. The van der Waals surface area contributed by atoms with Gasteiger partial charge >= 0.3 is 0 Å². The topological polar surface area (TPSA) is 54.0 Å². The highest BCUT2D eigenvalue weighted by Crippen LogP contribution is 2.22. The molecule has 0 atom stereocenters. The first-order valence-electron chi connectivity index (χ1n) is 8.31. The van der Waals surface area contributed by atoms with Crippen molar-refractivity contribution in [2.24, 2.45) is 0 Å². The van der Waals surface area contributed by atoms with Crippen molar-refractivity contribution in [2.45, 2.75) is 45.6 Å². The summed E-state index contributed by atoms with van der Waals surface area (Å²) in [6.07, 6.45) is 4.83. The van der Waals surface area contributed by atoms with Crippen molar-refractivity contribution in [3.05, 3.63) is 45.4 Å². The molecule has 4 nitrogen and oxygen atoms in total. The minimum atomic E-state index is 0.00497. The summed E-state index contributed by atoms with van der Waals surface area (Å²) in [5.74, 6) is 0.00497. The molecule has 1 aromatic heterocycles. The Bertz CT molecular complexity index is 640. The SMILES string of the molecule is CCCCc1ccc(NC(=O)Cc2nc3c(s2)CNCC3)cc1. The van der Waals surface area contributed by atoms with Crippen LogP contribution in [0.3, 0.4) is 0 Å². The van der Waals surface area contributed by atoms with E-state index in [9.17, 15) is 4.79 Å². The molecule has 2 N–H and O–H groups in total. The lowest BCUT2D eigenvalue weighted by Crippen LogP contribution is -2.22. The van der Waals surface area contributed by atoms with Crippen LogP contribution in [0, 0.1) is 0 Å². The van der Waals surface area contributed by atoms with E-state index < -0.39 is 0 Å². The van der Waals surface area contributed by atoms with E-state index in [0.29, 0.717) is 6.42 Å². The number of thiazole rings is 1. The summed E-state index contributed by atoms with van der Waals surface area (Å²) in [6.45, 7) is 4.06. The van der Waals surface area contributed by atoms with Crippen LogP contribution in [0.15, 0.2) is 24.3 Å². The van der Waals surface area contributed by atoms with E-state index in [-0.39, 0.29) is 5.91 Å². The number of anilines is 1. The number of unbranched alkanes of at least 4 members (excludes halogenated alkanes) is 1. The van der Waals surface area contributed by atoms with Crippen LogP contribution >= 0.6 is 11.3 Å². The number of amides is 1. The van der Waals surface area contributed by atoms with Gasteiger partial charge in [-0.1, -0.05) is 25.5 Å². The Kier molecular flexibility index (Phi) is 5.41. The molecular formula is C18H23N3OS. The fourth-order valence-corrected chi connectivity index (χ4v) is 3.82. The number of nitrogens with zero attached hydrogens (tertiary/aromatic N) is 1. The average molecular weight is 329 g/mol. The first kappa shape index (κ1) is 16.1. The van der Waals surface area contributed by atoms with Gasteiger partial charge in [0, 0.05) is 30.1 Å². The molecule has 0 saturated heterocycles. The molecule has 0 radical (unpaired) electrons. The largest absolute Gasteiger partial charge is 0.326 e. The van der Waals surface area contributed by atoms with Crippen molar-refractivity contribution in [1.82, 2.24) is 10.3 Å². The van der Waals surface area contributed by atoms with Gasteiger partial charge in [0.05, 0.1) is 12.1 Å². The van der Waals surface area contributed by atoms with Crippen LogP contribution in [0.1, 0.15) is 40.9 Å². The summed E-state index contributed by atoms with van der Waals surface area (Å²) < 4.78 is 0. The smallest absolute Gasteiger partial charge is 0.231 e. The molecule has 0 fully saturated rings. The first-order valence-corrected chi connectivity index (χ1v) is 9.13. The molecule has 0 unspecified atom stereocenters. The van der Waals surface area contributed by atoms with Crippen LogP contribution in [0.4, 0.5) is 5.69 Å². The fraction of sp³-hybridized carbons (Fsp3) is 0.444. The van der Waals surface area contributed by atoms with E-state index in [2.05, 4.69) is 34.7 Å². The van der Waals surface area contributed by atoms with Gasteiger partial charge in [-0.15, -0.1) is 11.3 Å². The number of hydrogen-bond acceptors (Lipinski definition) is 4. The number of aromatic nitrogens is 1. The van der Waals surface area contributed by atoms with Crippen molar-refractivity contribution in [3.63, 3.8) is 0 Å². The van der Waals surface area contributed by atoms with Crippen LogP contribution in [-0.2, 0) is 30.6 Å². The van der Waals surface area contributed by atoms with Gasteiger partial charge in [-0.05, 0) is 30.5 Å². The van der Waals surface area contributed by atoms with Crippen molar-refractivity contribution in [1.29, 1.82) is 0 Å². The predicted octanol–water partition coefficient (Wildman–Crippen LogP) is 3.31. The molecule has 0 saturated carbocycles. The van der Waals surface area contributed by atoms with E-state index in [1.165, 1.54) is 23.3 Å². The third-order valence-corrected chi connectivity index (χ3v) is 5.11. The molecule has 0 bridgehead atoms. The summed E-state index contributed by atoms with van der Waals surface area (Å²) in [5, 5.41) is 7.22. The number of rotatable bonds is 6. The molecule has 2 heterocycles. The van der Waals surface area contributed by atoms with E-state index >= 15 is 0 Å². The number of carbonyl (C=O) groups excluding carboxylic acids is 1. The second kappa shape index (κ2) is 7.70. The van der Waals surface area contributed by atoms with Gasteiger partial charge in [-0.3, -0.25) is 4.79 Å². The maximum atomic E-state index is 12.2. The Labute approximate surface area is 141 Å². The standard InChI is InChI=1S/C18H23N3OS/c1-2-3-4-13-5-7-14(8-6-13)20-17(22)11-18-21-15-9-10-19-12-16(15)23-18/h5-8,19H,2-4,9-12H2,1H3,(H,20,22). The van der Waals surface area contributed by atoms with Gasteiger partial charge < -0.3 is 10.6 Å². The maximum absolute atomic E-state index is 12.2. The molecule has 3 rings (SSSR count). The summed E-state index contributed by atoms with van der Waals surface area (Å²) in [5.41, 5.74) is 3.35. The van der Waals surface area contributed by atoms with Gasteiger partial charge in [0.15, 0.2) is 0 Å². The lowest BCUT2D eigenvalue weighted by Gasteiger charge is -2.09. The molecule has 1 aromatic carbocycles. The zero-order valence-electron chi connectivity index (χ0n) is 13.5. The van der Waals surface area contributed by atoms with E-state index in [4.69, 9.17) is 0 Å². The van der Waals surface area contributed by atoms with E-state index in [1.54, 1.807) is 11.3 Å². The third-order valence-electron chi connectivity index (χ3n) is 4.02. The van der Waals surface area contributed by atoms with E-state index in [0.717, 1.165) is 42.3 Å². The lowest BCUT2D eigenvalue weighted by molar-refractivity contribution is -0.115. The van der Waals surface area contributed by atoms with Crippen molar-refractivity contribution in [3.8, 4) is 0 Å². The number of fused-ring (bicyclic) bond motifs is 1. The van der Waals surface area contributed by atoms with Crippen LogP contribution < -0.4 is 10.6 Å². The zero-order valence-corrected chi connectivity index (χ0v) is 14.3. The normalized spacial score (nSPS) is 13.6. The minimum absolute atomic E-state index is 0.00497.